The zero-order chi connectivity index (χ0) is 17.8. The molecule has 0 unspecified atom stereocenters. The number of aromatic nitrogens is 2. The highest BCUT2D eigenvalue weighted by Crippen LogP contribution is 2.23. The third-order valence-electron chi connectivity index (χ3n) is 3.79. The first kappa shape index (κ1) is 17.2. The SMILES string of the molecule is Cc1nc(Cc2ccc(F)cc2)sc1C(=O)N(C)Cc1cccnc1. The van der Waals surface area contributed by atoms with Gasteiger partial charge >= 0.3 is 0 Å². The number of aryl methyl sites for hydroxylation is 1. The van der Waals surface area contributed by atoms with Crippen LogP contribution in [0.15, 0.2) is 48.8 Å². The van der Waals surface area contributed by atoms with Crippen LogP contribution in [0.3, 0.4) is 0 Å². The van der Waals surface area contributed by atoms with Gasteiger partial charge in [0, 0.05) is 32.4 Å². The Morgan fingerprint density at radius 2 is 1.96 bits per heavy atom. The topological polar surface area (TPSA) is 46.1 Å². The van der Waals surface area contributed by atoms with Crippen molar-refractivity contribution in [3.05, 3.63) is 81.3 Å². The van der Waals surface area contributed by atoms with Gasteiger partial charge in [0.1, 0.15) is 10.7 Å². The van der Waals surface area contributed by atoms with Gasteiger partial charge in [0.25, 0.3) is 5.91 Å². The Balaban J connectivity index is 1.72. The Hall–Kier alpha value is -2.60. The van der Waals surface area contributed by atoms with Crippen molar-refractivity contribution in [1.82, 2.24) is 14.9 Å². The van der Waals surface area contributed by atoms with Crippen molar-refractivity contribution in [2.75, 3.05) is 7.05 Å². The zero-order valence-electron chi connectivity index (χ0n) is 14.1. The summed E-state index contributed by atoms with van der Waals surface area (Å²) in [5.74, 6) is -0.309. The molecular weight excluding hydrogens is 337 g/mol. The molecule has 1 aromatic carbocycles. The molecule has 0 N–H and O–H groups in total. The summed E-state index contributed by atoms with van der Waals surface area (Å²) in [4.78, 5) is 23.6. The van der Waals surface area contributed by atoms with Crippen molar-refractivity contribution in [3.8, 4) is 0 Å². The number of carbonyl (C=O) groups excluding carboxylic acids is 1. The Labute approximate surface area is 150 Å². The van der Waals surface area contributed by atoms with Gasteiger partial charge in [0.15, 0.2) is 0 Å². The largest absolute Gasteiger partial charge is 0.337 e. The minimum Gasteiger partial charge on any atom is -0.337 e. The molecule has 2 heterocycles. The Bertz CT molecular complexity index is 862. The number of carbonyl (C=O) groups is 1. The minimum absolute atomic E-state index is 0.0517. The number of amides is 1. The second-order valence-corrected chi connectivity index (χ2v) is 6.93. The standard InChI is InChI=1S/C19H18FN3OS/c1-13-18(19(24)23(2)12-15-4-3-9-21-11-15)25-17(22-13)10-14-5-7-16(20)8-6-14/h3-9,11H,10,12H2,1-2H3. The molecule has 3 aromatic rings. The lowest BCUT2D eigenvalue weighted by atomic mass is 10.1. The lowest BCUT2D eigenvalue weighted by molar-refractivity contribution is 0.0789. The number of rotatable bonds is 5. The van der Waals surface area contributed by atoms with Crippen molar-refractivity contribution >= 4 is 17.2 Å². The molecule has 0 saturated carbocycles. The van der Waals surface area contributed by atoms with Gasteiger partial charge in [-0.3, -0.25) is 9.78 Å². The van der Waals surface area contributed by atoms with Crippen LogP contribution in [0.5, 0.6) is 0 Å². The highest BCUT2D eigenvalue weighted by atomic mass is 32.1. The fourth-order valence-electron chi connectivity index (χ4n) is 2.51. The summed E-state index contributed by atoms with van der Waals surface area (Å²) in [5.41, 5.74) is 2.68. The molecule has 25 heavy (non-hydrogen) atoms. The summed E-state index contributed by atoms with van der Waals surface area (Å²) >= 11 is 1.39. The quantitative estimate of drug-likeness (QED) is 0.698. The summed E-state index contributed by atoms with van der Waals surface area (Å²) in [6, 6.07) is 10.1. The van der Waals surface area contributed by atoms with Gasteiger partial charge in [-0.05, 0) is 36.2 Å². The van der Waals surface area contributed by atoms with Crippen LogP contribution in [0.25, 0.3) is 0 Å². The predicted octanol–water partition coefficient (Wildman–Crippen LogP) is 3.85. The van der Waals surface area contributed by atoms with Gasteiger partial charge < -0.3 is 4.90 Å². The van der Waals surface area contributed by atoms with Gasteiger partial charge in [-0.1, -0.05) is 18.2 Å². The van der Waals surface area contributed by atoms with Crippen molar-refractivity contribution in [1.29, 1.82) is 0 Å². The van der Waals surface area contributed by atoms with Gasteiger partial charge in [0.2, 0.25) is 0 Å². The molecule has 0 saturated heterocycles. The minimum atomic E-state index is -0.257. The predicted molar refractivity (Wildman–Crippen MR) is 96.1 cm³/mol. The summed E-state index contributed by atoms with van der Waals surface area (Å²) < 4.78 is 13.0. The van der Waals surface area contributed by atoms with Gasteiger partial charge in [-0.2, -0.15) is 0 Å². The second kappa shape index (κ2) is 7.53. The van der Waals surface area contributed by atoms with Crippen LogP contribution in [-0.4, -0.2) is 27.8 Å². The van der Waals surface area contributed by atoms with E-state index in [0.29, 0.717) is 17.8 Å². The average Bonchev–Trinajstić information content (AvgIpc) is 2.97. The third kappa shape index (κ3) is 4.28. The van der Waals surface area contributed by atoms with E-state index < -0.39 is 0 Å². The normalized spacial score (nSPS) is 10.7. The maximum absolute atomic E-state index is 13.0. The van der Waals surface area contributed by atoms with E-state index in [2.05, 4.69) is 9.97 Å². The highest BCUT2D eigenvalue weighted by molar-refractivity contribution is 7.13. The molecule has 0 bridgehead atoms. The summed E-state index contributed by atoms with van der Waals surface area (Å²) in [7, 11) is 1.77. The average molecular weight is 355 g/mol. The number of benzene rings is 1. The molecule has 3 rings (SSSR count). The number of hydrogen-bond acceptors (Lipinski definition) is 4. The van der Waals surface area contributed by atoms with Gasteiger partial charge in [0.05, 0.1) is 10.7 Å². The van der Waals surface area contributed by atoms with Crippen LogP contribution in [-0.2, 0) is 13.0 Å². The maximum Gasteiger partial charge on any atom is 0.265 e. The van der Waals surface area contributed by atoms with Crippen LogP contribution < -0.4 is 0 Å². The second-order valence-electron chi connectivity index (χ2n) is 5.85. The van der Waals surface area contributed by atoms with E-state index in [1.165, 1.54) is 23.5 Å². The van der Waals surface area contributed by atoms with Crippen LogP contribution >= 0.6 is 11.3 Å². The zero-order valence-corrected chi connectivity index (χ0v) is 14.9. The number of thiazole rings is 1. The number of nitrogens with zero attached hydrogens (tertiary/aromatic N) is 3. The van der Waals surface area contributed by atoms with E-state index >= 15 is 0 Å². The van der Waals surface area contributed by atoms with Crippen LogP contribution in [0, 0.1) is 12.7 Å². The van der Waals surface area contributed by atoms with E-state index in [9.17, 15) is 9.18 Å². The first-order valence-electron chi connectivity index (χ1n) is 7.88. The molecule has 0 aliphatic rings. The molecule has 4 nitrogen and oxygen atoms in total. The maximum atomic E-state index is 13.0. The fourth-order valence-corrected chi connectivity index (χ4v) is 3.61. The molecule has 6 heteroatoms. The first-order chi connectivity index (χ1) is 12.0. The Morgan fingerprint density at radius 1 is 1.20 bits per heavy atom. The molecule has 0 fully saturated rings. The molecule has 2 aromatic heterocycles. The Kier molecular flexibility index (Phi) is 5.19. The molecule has 128 valence electrons. The first-order valence-corrected chi connectivity index (χ1v) is 8.69. The van der Waals surface area contributed by atoms with Crippen molar-refractivity contribution < 1.29 is 9.18 Å². The molecule has 0 spiro atoms. The van der Waals surface area contributed by atoms with E-state index in [4.69, 9.17) is 0 Å². The van der Waals surface area contributed by atoms with Crippen LogP contribution in [0.4, 0.5) is 4.39 Å². The molecule has 0 atom stereocenters. The van der Waals surface area contributed by atoms with Crippen molar-refractivity contribution in [3.63, 3.8) is 0 Å². The summed E-state index contributed by atoms with van der Waals surface area (Å²) in [6.45, 7) is 2.34. The fraction of sp³-hybridized carbons (Fsp3) is 0.211. The molecular formula is C19H18FN3OS. The van der Waals surface area contributed by atoms with E-state index in [1.807, 2.05) is 19.1 Å². The molecule has 1 amide bonds. The van der Waals surface area contributed by atoms with E-state index in [-0.39, 0.29) is 11.7 Å². The van der Waals surface area contributed by atoms with Crippen LogP contribution in [0.1, 0.15) is 31.5 Å². The van der Waals surface area contributed by atoms with Crippen molar-refractivity contribution in [2.45, 2.75) is 19.9 Å². The number of hydrogen-bond donors (Lipinski definition) is 0. The summed E-state index contributed by atoms with van der Waals surface area (Å²) in [6.07, 6.45) is 4.05. The van der Waals surface area contributed by atoms with E-state index in [0.717, 1.165) is 21.8 Å². The lowest BCUT2D eigenvalue weighted by Crippen LogP contribution is -2.26. The van der Waals surface area contributed by atoms with Crippen molar-refractivity contribution in [2.24, 2.45) is 0 Å². The number of pyridine rings is 1. The molecule has 0 aliphatic carbocycles. The van der Waals surface area contributed by atoms with Gasteiger partial charge in [-0.15, -0.1) is 11.3 Å². The Morgan fingerprint density at radius 3 is 2.64 bits per heavy atom. The highest BCUT2D eigenvalue weighted by Gasteiger charge is 2.19. The third-order valence-corrected chi connectivity index (χ3v) is 4.94. The van der Waals surface area contributed by atoms with E-state index in [1.54, 1.807) is 36.5 Å². The molecule has 0 aliphatic heterocycles. The van der Waals surface area contributed by atoms with Gasteiger partial charge in [-0.25, -0.2) is 9.37 Å². The monoisotopic (exact) mass is 355 g/mol. The summed E-state index contributed by atoms with van der Waals surface area (Å²) in [5, 5.41) is 0.849. The lowest BCUT2D eigenvalue weighted by Gasteiger charge is -2.16. The smallest absolute Gasteiger partial charge is 0.265 e. The number of halogens is 1. The molecule has 0 radical (unpaired) electrons. The van der Waals surface area contributed by atoms with Crippen LogP contribution in [0.2, 0.25) is 0 Å².